The van der Waals surface area contributed by atoms with Crippen LogP contribution in [0.5, 0.6) is 5.88 Å². The van der Waals surface area contributed by atoms with Crippen LogP contribution in [0.1, 0.15) is 58.7 Å². The first-order chi connectivity index (χ1) is 9.69. The Hall–Kier alpha value is -1.32. The average molecular weight is 279 g/mol. The van der Waals surface area contributed by atoms with Gasteiger partial charge in [0, 0.05) is 12.6 Å². The van der Waals surface area contributed by atoms with Crippen molar-refractivity contribution < 1.29 is 4.74 Å². The molecule has 1 heterocycles. The van der Waals surface area contributed by atoms with E-state index in [0.717, 1.165) is 37.6 Å². The van der Waals surface area contributed by atoms with Gasteiger partial charge in [-0.15, -0.1) is 0 Å². The molecule has 0 amide bonds. The Bertz CT molecular complexity index is 382. The summed E-state index contributed by atoms with van der Waals surface area (Å²) >= 11 is 0. The second kappa shape index (κ2) is 9.56. The lowest BCUT2D eigenvalue weighted by Gasteiger charge is -2.15. The van der Waals surface area contributed by atoms with Crippen LogP contribution >= 0.6 is 0 Å². The molecule has 20 heavy (non-hydrogen) atoms. The van der Waals surface area contributed by atoms with Crippen LogP contribution in [0.25, 0.3) is 0 Å². The lowest BCUT2D eigenvalue weighted by molar-refractivity contribution is 0.225. The molecule has 0 radical (unpaired) electrons. The highest BCUT2D eigenvalue weighted by Gasteiger charge is 2.09. The van der Waals surface area contributed by atoms with Crippen LogP contribution in [0.2, 0.25) is 0 Å². The van der Waals surface area contributed by atoms with Crippen molar-refractivity contribution in [2.75, 3.05) is 18.5 Å². The monoisotopic (exact) mass is 279 g/mol. The Kier molecular flexibility index (Phi) is 8.00. The quantitative estimate of drug-likeness (QED) is 0.697. The van der Waals surface area contributed by atoms with E-state index in [4.69, 9.17) is 4.74 Å². The summed E-state index contributed by atoms with van der Waals surface area (Å²) < 4.78 is 5.87. The highest BCUT2D eigenvalue weighted by Crippen LogP contribution is 2.17. The second-order valence-corrected chi connectivity index (χ2v) is 5.29. The molecule has 1 rings (SSSR count). The zero-order valence-corrected chi connectivity index (χ0v) is 13.4. The minimum atomic E-state index is 0.622. The molecule has 0 fully saturated rings. The number of unbranched alkanes of at least 4 members (excludes halogenated alkanes) is 1. The molecule has 1 N–H and O–H groups in total. The van der Waals surface area contributed by atoms with Gasteiger partial charge in [-0.3, -0.25) is 0 Å². The summed E-state index contributed by atoms with van der Waals surface area (Å²) in [7, 11) is 0. The summed E-state index contributed by atoms with van der Waals surface area (Å²) in [6.07, 6.45) is 5.99. The van der Waals surface area contributed by atoms with Crippen LogP contribution in [0, 0.1) is 12.8 Å². The van der Waals surface area contributed by atoms with Crippen LogP contribution in [-0.4, -0.2) is 23.1 Å². The summed E-state index contributed by atoms with van der Waals surface area (Å²) in [5.74, 6) is 2.92. The van der Waals surface area contributed by atoms with Crippen molar-refractivity contribution in [1.82, 2.24) is 9.97 Å². The van der Waals surface area contributed by atoms with Gasteiger partial charge < -0.3 is 10.1 Å². The van der Waals surface area contributed by atoms with Crippen molar-refractivity contribution in [1.29, 1.82) is 0 Å². The Morgan fingerprint density at radius 2 is 2.00 bits per heavy atom. The summed E-state index contributed by atoms with van der Waals surface area (Å²) in [5, 5.41) is 3.28. The molecule has 0 bridgehead atoms. The summed E-state index contributed by atoms with van der Waals surface area (Å²) in [6.45, 7) is 10.2. The first-order valence-corrected chi connectivity index (χ1v) is 7.91. The van der Waals surface area contributed by atoms with Crippen molar-refractivity contribution >= 4 is 5.82 Å². The van der Waals surface area contributed by atoms with Gasteiger partial charge in [-0.1, -0.05) is 40.0 Å². The molecular formula is C16H29N3O. The fourth-order valence-corrected chi connectivity index (χ4v) is 2.06. The van der Waals surface area contributed by atoms with E-state index < -0.39 is 0 Å². The number of rotatable bonds is 10. The number of hydrogen-bond acceptors (Lipinski definition) is 4. The molecule has 114 valence electrons. The van der Waals surface area contributed by atoms with Crippen LogP contribution in [0.15, 0.2) is 6.07 Å². The first kappa shape index (κ1) is 16.7. The lowest BCUT2D eigenvalue weighted by atomic mass is 10.0. The van der Waals surface area contributed by atoms with Gasteiger partial charge in [0.15, 0.2) is 0 Å². The van der Waals surface area contributed by atoms with Crippen molar-refractivity contribution in [2.45, 2.75) is 59.8 Å². The van der Waals surface area contributed by atoms with Crippen LogP contribution < -0.4 is 10.1 Å². The SMILES string of the molecule is CCCCC(CC)COc1cc(NCCC)nc(C)n1. The van der Waals surface area contributed by atoms with E-state index in [1.165, 1.54) is 19.3 Å². The normalized spacial score (nSPS) is 12.2. The van der Waals surface area contributed by atoms with Gasteiger partial charge in [-0.05, 0) is 25.7 Å². The van der Waals surface area contributed by atoms with E-state index in [9.17, 15) is 0 Å². The third-order valence-corrected chi connectivity index (χ3v) is 3.38. The minimum absolute atomic E-state index is 0.622. The Morgan fingerprint density at radius 1 is 1.20 bits per heavy atom. The Labute approximate surface area is 123 Å². The van der Waals surface area contributed by atoms with Crippen LogP contribution in [0.3, 0.4) is 0 Å². The maximum absolute atomic E-state index is 5.87. The van der Waals surface area contributed by atoms with E-state index in [-0.39, 0.29) is 0 Å². The molecular weight excluding hydrogens is 250 g/mol. The molecule has 1 atom stereocenters. The Morgan fingerprint density at radius 3 is 2.65 bits per heavy atom. The lowest BCUT2D eigenvalue weighted by Crippen LogP contribution is -2.13. The van der Waals surface area contributed by atoms with E-state index in [1.54, 1.807) is 0 Å². The van der Waals surface area contributed by atoms with Gasteiger partial charge in [0.2, 0.25) is 5.88 Å². The van der Waals surface area contributed by atoms with Gasteiger partial charge >= 0.3 is 0 Å². The maximum atomic E-state index is 5.87. The van der Waals surface area contributed by atoms with Crippen LogP contribution in [-0.2, 0) is 0 Å². The zero-order chi connectivity index (χ0) is 14.8. The number of aromatic nitrogens is 2. The number of nitrogens with one attached hydrogen (secondary N) is 1. The predicted molar refractivity (Wildman–Crippen MR) is 84.4 cm³/mol. The van der Waals surface area contributed by atoms with Crippen molar-refractivity contribution in [3.05, 3.63) is 11.9 Å². The predicted octanol–water partition coefficient (Wildman–Crippen LogP) is 4.20. The third kappa shape index (κ3) is 6.22. The van der Waals surface area contributed by atoms with E-state index >= 15 is 0 Å². The largest absolute Gasteiger partial charge is 0.477 e. The molecule has 1 aromatic heterocycles. The fraction of sp³-hybridized carbons (Fsp3) is 0.750. The maximum Gasteiger partial charge on any atom is 0.218 e. The number of hydrogen-bond donors (Lipinski definition) is 1. The Balaban J connectivity index is 2.55. The highest BCUT2D eigenvalue weighted by atomic mass is 16.5. The van der Waals surface area contributed by atoms with Gasteiger partial charge in [-0.2, -0.15) is 4.98 Å². The van der Waals surface area contributed by atoms with Gasteiger partial charge in [-0.25, -0.2) is 4.98 Å². The average Bonchev–Trinajstić information content (AvgIpc) is 2.45. The second-order valence-electron chi connectivity index (χ2n) is 5.29. The minimum Gasteiger partial charge on any atom is -0.477 e. The smallest absolute Gasteiger partial charge is 0.218 e. The number of ether oxygens (including phenoxy) is 1. The molecule has 0 saturated carbocycles. The molecule has 0 aliphatic rings. The van der Waals surface area contributed by atoms with Gasteiger partial charge in [0.25, 0.3) is 0 Å². The topological polar surface area (TPSA) is 47.0 Å². The van der Waals surface area contributed by atoms with E-state index in [2.05, 4.69) is 36.1 Å². The van der Waals surface area contributed by atoms with Crippen LogP contribution in [0.4, 0.5) is 5.82 Å². The van der Waals surface area contributed by atoms with E-state index in [0.29, 0.717) is 11.8 Å². The fourth-order valence-electron chi connectivity index (χ4n) is 2.06. The zero-order valence-electron chi connectivity index (χ0n) is 13.4. The third-order valence-electron chi connectivity index (χ3n) is 3.38. The molecule has 1 unspecified atom stereocenters. The molecule has 4 nitrogen and oxygen atoms in total. The molecule has 0 aliphatic heterocycles. The summed E-state index contributed by atoms with van der Waals surface area (Å²) in [5.41, 5.74) is 0. The van der Waals surface area contributed by atoms with Crippen molar-refractivity contribution in [3.63, 3.8) is 0 Å². The summed E-state index contributed by atoms with van der Waals surface area (Å²) in [4.78, 5) is 8.72. The molecule has 0 aromatic carbocycles. The molecule has 1 aromatic rings. The number of aryl methyl sites for hydroxylation is 1. The van der Waals surface area contributed by atoms with Gasteiger partial charge in [0.05, 0.1) is 6.61 Å². The highest BCUT2D eigenvalue weighted by molar-refractivity contribution is 5.38. The first-order valence-electron chi connectivity index (χ1n) is 7.91. The molecule has 0 aliphatic carbocycles. The summed E-state index contributed by atoms with van der Waals surface area (Å²) in [6, 6.07) is 1.90. The number of anilines is 1. The standard InChI is InChI=1S/C16H29N3O/c1-5-8-9-14(7-3)12-20-16-11-15(17-10-6-2)18-13(4)19-16/h11,14H,5-10,12H2,1-4H3,(H,17,18,19). The molecule has 4 heteroatoms. The number of nitrogens with zero attached hydrogens (tertiary/aromatic N) is 2. The molecule has 0 saturated heterocycles. The van der Waals surface area contributed by atoms with Crippen molar-refractivity contribution in [3.8, 4) is 5.88 Å². The van der Waals surface area contributed by atoms with E-state index in [1.807, 2.05) is 13.0 Å². The molecule has 0 spiro atoms. The van der Waals surface area contributed by atoms with Crippen molar-refractivity contribution in [2.24, 2.45) is 5.92 Å². The van der Waals surface area contributed by atoms with Gasteiger partial charge in [0.1, 0.15) is 11.6 Å².